The van der Waals surface area contributed by atoms with E-state index >= 15 is 0 Å². The van der Waals surface area contributed by atoms with Crippen LogP contribution in [-0.2, 0) is 4.74 Å². The van der Waals surface area contributed by atoms with Crippen LogP contribution in [0.4, 0.5) is 0 Å². The molecule has 13 heavy (non-hydrogen) atoms. The van der Waals surface area contributed by atoms with Gasteiger partial charge in [0.2, 0.25) is 0 Å². The molecule has 0 radical (unpaired) electrons. The highest BCUT2D eigenvalue weighted by molar-refractivity contribution is 5.08. The third kappa shape index (κ3) is 1.22. The summed E-state index contributed by atoms with van der Waals surface area (Å²) in [6.45, 7) is 5.65. The summed E-state index contributed by atoms with van der Waals surface area (Å²) in [5.41, 5.74) is 0.574. The molecule has 0 aromatic heterocycles. The molecule has 74 valence electrons. The fourth-order valence-electron chi connectivity index (χ4n) is 2.70. The molecule has 2 heterocycles. The molecule has 1 N–H and O–H groups in total. The molecule has 0 bridgehead atoms. The highest BCUT2D eigenvalue weighted by atomic mass is 16.5. The third-order valence-electron chi connectivity index (χ3n) is 4.01. The number of nitrogens with zero attached hydrogens (tertiary/aromatic N) is 1. The average Bonchev–Trinajstić information content (AvgIpc) is 2.49. The Morgan fingerprint density at radius 3 is 2.85 bits per heavy atom. The number of nitrogens with one attached hydrogen (secondary N) is 1. The van der Waals surface area contributed by atoms with Crippen LogP contribution in [0.3, 0.4) is 0 Å². The van der Waals surface area contributed by atoms with Crippen LogP contribution in [0.25, 0.3) is 0 Å². The molecule has 2 atom stereocenters. The maximum Gasteiger partial charge on any atom is 0.0538 e. The monoisotopic (exact) mass is 182 g/mol. The Labute approximate surface area is 79.4 Å². The van der Waals surface area contributed by atoms with Gasteiger partial charge in [-0.1, -0.05) is 0 Å². The summed E-state index contributed by atoms with van der Waals surface area (Å²) < 4.78 is 5.50. The van der Waals surface area contributed by atoms with E-state index in [0.29, 0.717) is 5.41 Å². The fourth-order valence-corrected chi connectivity index (χ4v) is 2.70. The number of likely N-dealkylation sites (N-methyl/N-ethyl adjacent to an activating group) is 1. The van der Waals surface area contributed by atoms with Crippen molar-refractivity contribution in [3.63, 3.8) is 0 Å². The van der Waals surface area contributed by atoms with Crippen LogP contribution in [-0.4, -0.2) is 50.8 Å². The topological polar surface area (TPSA) is 24.5 Å². The predicted octanol–water partition coefficient (Wildman–Crippen LogP) is -0.0735. The van der Waals surface area contributed by atoms with Crippen LogP contribution in [0.1, 0.15) is 6.42 Å². The predicted molar refractivity (Wildman–Crippen MR) is 50.6 cm³/mol. The smallest absolute Gasteiger partial charge is 0.0538 e. The van der Waals surface area contributed by atoms with Gasteiger partial charge in [0.05, 0.1) is 13.2 Å². The van der Waals surface area contributed by atoms with E-state index in [1.54, 1.807) is 0 Å². The van der Waals surface area contributed by atoms with E-state index < -0.39 is 0 Å². The summed E-state index contributed by atoms with van der Waals surface area (Å²) in [6.07, 6.45) is 1.41. The molecule has 3 rings (SSSR count). The van der Waals surface area contributed by atoms with Crippen LogP contribution in [0, 0.1) is 11.3 Å². The molecule has 1 saturated carbocycles. The standard InChI is InChI=1S/C10H18N2O/c1-12(9-3-11-4-9)6-10-2-8(10)5-13-7-10/h8-9,11H,2-7H2,1H3. The van der Waals surface area contributed by atoms with Crippen molar-refractivity contribution < 1.29 is 4.74 Å². The van der Waals surface area contributed by atoms with E-state index in [0.717, 1.165) is 25.2 Å². The zero-order chi connectivity index (χ0) is 8.89. The van der Waals surface area contributed by atoms with E-state index in [9.17, 15) is 0 Å². The van der Waals surface area contributed by atoms with Crippen molar-refractivity contribution in [1.82, 2.24) is 10.2 Å². The zero-order valence-corrected chi connectivity index (χ0v) is 8.25. The Bertz CT molecular complexity index is 217. The summed E-state index contributed by atoms with van der Waals surface area (Å²) in [4.78, 5) is 2.52. The second-order valence-electron chi connectivity index (χ2n) is 5.01. The summed E-state index contributed by atoms with van der Waals surface area (Å²) >= 11 is 0. The number of hydrogen-bond donors (Lipinski definition) is 1. The van der Waals surface area contributed by atoms with E-state index in [-0.39, 0.29) is 0 Å². The molecule has 3 heteroatoms. The summed E-state index contributed by atoms with van der Waals surface area (Å²) in [5.74, 6) is 0.892. The van der Waals surface area contributed by atoms with Gasteiger partial charge < -0.3 is 15.0 Å². The normalized spacial score (nSPS) is 43.4. The first-order valence-electron chi connectivity index (χ1n) is 5.29. The lowest BCUT2D eigenvalue weighted by Gasteiger charge is -2.37. The number of hydrogen-bond acceptors (Lipinski definition) is 3. The summed E-state index contributed by atoms with van der Waals surface area (Å²) in [5, 5.41) is 3.32. The van der Waals surface area contributed by atoms with E-state index in [2.05, 4.69) is 17.3 Å². The second-order valence-corrected chi connectivity index (χ2v) is 5.01. The Balaban J connectivity index is 1.56. The minimum atomic E-state index is 0.574. The lowest BCUT2D eigenvalue weighted by molar-refractivity contribution is 0.107. The molecule has 0 amide bonds. The first kappa shape index (κ1) is 8.21. The lowest BCUT2D eigenvalue weighted by Crippen LogP contribution is -2.57. The van der Waals surface area contributed by atoms with Gasteiger partial charge in [0.25, 0.3) is 0 Å². The molecule has 3 fully saturated rings. The van der Waals surface area contributed by atoms with Crippen LogP contribution >= 0.6 is 0 Å². The van der Waals surface area contributed by atoms with Gasteiger partial charge in [-0.3, -0.25) is 0 Å². The quantitative estimate of drug-likeness (QED) is 0.661. The van der Waals surface area contributed by atoms with Crippen molar-refractivity contribution in [2.24, 2.45) is 11.3 Å². The Morgan fingerprint density at radius 2 is 2.38 bits per heavy atom. The molecule has 2 aliphatic heterocycles. The van der Waals surface area contributed by atoms with E-state index in [1.807, 2.05) is 0 Å². The maximum atomic E-state index is 5.50. The van der Waals surface area contributed by atoms with Gasteiger partial charge in [-0.25, -0.2) is 0 Å². The second kappa shape index (κ2) is 2.69. The largest absolute Gasteiger partial charge is 0.380 e. The summed E-state index contributed by atoms with van der Waals surface area (Å²) in [7, 11) is 2.26. The van der Waals surface area contributed by atoms with Crippen molar-refractivity contribution in [1.29, 1.82) is 0 Å². The molecule has 1 aliphatic carbocycles. The first-order chi connectivity index (χ1) is 6.30. The van der Waals surface area contributed by atoms with Gasteiger partial charge in [-0.2, -0.15) is 0 Å². The molecule has 2 saturated heterocycles. The van der Waals surface area contributed by atoms with Crippen molar-refractivity contribution in [2.45, 2.75) is 12.5 Å². The highest BCUT2D eigenvalue weighted by Gasteiger charge is 2.58. The Morgan fingerprint density at radius 1 is 1.54 bits per heavy atom. The number of rotatable bonds is 3. The molecule has 0 aromatic rings. The van der Waals surface area contributed by atoms with Crippen LogP contribution in [0.15, 0.2) is 0 Å². The minimum absolute atomic E-state index is 0.574. The lowest BCUT2D eigenvalue weighted by atomic mass is 10.0. The van der Waals surface area contributed by atoms with Crippen molar-refractivity contribution >= 4 is 0 Å². The molecule has 3 aliphatic rings. The van der Waals surface area contributed by atoms with Crippen molar-refractivity contribution in [2.75, 3.05) is 39.9 Å². The SMILES string of the molecule is CN(CC12COCC1C2)C1CNC1. The molecule has 3 nitrogen and oxygen atoms in total. The Hall–Kier alpha value is -0.120. The molecule has 2 unspecified atom stereocenters. The van der Waals surface area contributed by atoms with Gasteiger partial charge in [0.1, 0.15) is 0 Å². The van der Waals surface area contributed by atoms with E-state index in [1.165, 1.54) is 26.1 Å². The maximum absolute atomic E-state index is 5.50. The van der Waals surface area contributed by atoms with Crippen molar-refractivity contribution in [3.8, 4) is 0 Å². The third-order valence-corrected chi connectivity index (χ3v) is 4.01. The number of ether oxygens (including phenoxy) is 1. The van der Waals surface area contributed by atoms with Crippen LogP contribution < -0.4 is 5.32 Å². The highest BCUT2D eigenvalue weighted by Crippen LogP contribution is 2.57. The fraction of sp³-hybridized carbons (Fsp3) is 1.00. The average molecular weight is 182 g/mol. The molecule has 0 aromatic carbocycles. The zero-order valence-electron chi connectivity index (χ0n) is 8.25. The van der Waals surface area contributed by atoms with Gasteiger partial charge in [0.15, 0.2) is 0 Å². The molecular weight excluding hydrogens is 164 g/mol. The van der Waals surface area contributed by atoms with Crippen LogP contribution in [0.5, 0.6) is 0 Å². The van der Waals surface area contributed by atoms with E-state index in [4.69, 9.17) is 4.74 Å². The molecular formula is C10H18N2O. The summed E-state index contributed by atoms with van der Waals surface area (Å²) in [6, 6.07) is 0.788. The minimum Gasteiger partial charge on any atom is -0.380 e. The molecule has 0 spiro atoms. The van der Waals surface area contributed by atoms with Crippen molar-refractivity contribution in [3.05, 3.63) is 0 Å². The first-order valence-corrected chi connectivity index (χ1v) is 5.29. The number of fused-ring (bicyclic) bond motifs is 1. The van der Waals surface area contributed by atoms with Crippen LogP contribution in [0.2, 0.25) is 0 Å². The van der Waals surface area contributed by atoms with Gasteiger partial charge in [0, 0.05) is 31.1 Å². The Kier molecular flexibility index (Phi) is 1.70. The van der Waals surface area contributed by atoms with Gasteiger partial charge in [-0.15, -0.1) is 0 Å². The van der Waals surface area contributed by atoms with Gasteiger partial charge >= 0.3 is 0 Å². The van der Waals surface area contributed by atoms with Gasteiger partial charge in [-0.05, 0) is 19.4 Å².